The lowest BCUT2D eigenvalue weighted by Gasteiger charge is -2.07. The third-order valence-electron chi connectivity index (χ3n) is 4.65. The second-order valence-electron chi connectivity index (χ2n) is 5.99. The van der Waals surface area contributed by atoms with Gasteiger partial charge in [-0.15, -0.1) is 0 Å². The predicted octanol–water partition coefficient (Wildman–Crippen LogP) is 3.21. The van der Waals surface area contributed by atoms with E-state index in [-0.39, 0.29) is 0 Å². The summed E-state index contributed by atoms with van der Waals surface area (Å²) in [6.45, 7) is 0.999. The molecular formula is C16H20N4. The number of H-pyrrole nitrogens is 1. The summed E-state index contributed by atoms with van der Waals surface area (Å²) in [5.41, 5.74) is 2.68. The summed E-state index contributed by atoms with van der Waals surface area (Å²) in [5.74, 6) is 3.18. The molecule has 1 saturated carbocycles. The number of rotatable bonds is 3. The van der Waals surface area contributed by atoms with Crippen LogP contribution in [0.5, 0.6) is 0 Å². The van der Waals surface area contributed by atoms with Gasteiger partial charge in [0.1, 0.15) is 5.82 Å². The van der Waals surface area contributed by atoms with E-state index in [0.717, 1.165) is 24.6 Å². The van der Waals surface area contributed by atoms with Crippen LogP contribution in [0, 0.1) is 0 Å². The second-order valence-corrected chi connectivity index (χ2v) is 5.99. The van der Waals surface area contributed by atoms with Crippen molar-refractivity contribution in [1.29, 1.82) is 0 Å². The van der Waals surface area contributed by atoms with Gasteiger partial charge in [0.15, 0.2) is 5.82 Å². The molecule has 4 heteroatoms. The fourth-order valence-electron chi connectivity index (χ4n) is 3.54. The monoisotopic (exact) mass is 268 g/mol. The molecule has 0 saturated heterocycles. The fourth-order valence-corrected chi connectivity index (χ4v) is 3.54. The number of aromatic amines is 1. The first-order valence-electron chi connectivity index (χ1n) is 7.64. The molecule has 4 nitrogen and oxygen atoms in total. The fraction of sp³-hybridized carbons (Fsp3) is 0.500. The average molecular weight is 268 g/mol. The Morgan fingerprint density at radius 3 is 2.90 bits per heavy atom. The summed E-state index contributed by atoms with van der Waals surface area (Å²) < 4.78 is 0. The van der Waals surface area contributed by atoms with E-state index in [4.69, 9.17) is 4.98 Å². The Kier molecular flexibility index (Phi) is 2.94. The van der Waals surface area contributed by atoms with Gasteiger partial charge in [0.2, 0.25) is 0 Å². The van der Waals surface area contributed by atoms with Crippen LogP contribution >= 0.6 is 0 Å². The topological polar surface area (TPSA) is 53.6 Å². The van der Waals surface area contributed by atoms with Gasteiger partial charge in [-0.05, 0) is 24.5 Å². The van der Waals surface area contributed by atoms with Gasteiger partial charge in [-0.3, -0.25) is 5.10 Å². The van der Waals surface area contributed by atoms with Gasteiger partial charge in [-0.1, -0.05) is 31.0 Å². The summed E-state index contributed by atoms with van der Waals surface area (Å²) in [6.07, 6.45) is 6.11. The van der Waals surface area contributed by atoms with Crippen molar-refractivity contribution in [3.05, 3.63) is 41.5 Å². The van der Waals surface area contributed by atoms with Crippen molar-refractivity contribution >= 4 is 5.69 Å². The second kappa shape index (κ2) is 4.93. The van der Waals surface area contributed by atoms with Crippen LogP contribution in [0.25, 0.3) is 0 Å². The molecule has 4 rings (SSSR count). The highest BCUT2D eigenvalue weighted by atomic mass is 15.2. The normalized spacial score (nSPS) is 21.9. The number of anilines is 1. The van der Waals surface area contributed by atoms with Crippen LogP contribution in [0.2, 0.25) is 0 Å². The number of nitrogens with zero attached hydrogens (tertiary/aromatic N) is 2. The molecule has 2 aliphatic rings. The molecule has 1 atom stereocenters. The maximum atomic E-state index is 4.73. The molecule has 0 spiro atoms. The quantitative estimate of drug-likeness (QED) is 0.898. The highest BCUT2D eigenvalue weighted by molar-refractivity contribution is 5.57. The summed E-state index contributed by atoms with van der Waals surface area (Å²) >= 11 is 0. The van der Waals surface area contributed by atoms with Gasteiger partial charge < -0.3 is 5.32 Å². The maximum Gasteiger partial charge on any atom is 0.153 e. The highest BCUT2D eigenvalue weighted by Gasteiger charge is 2.25. The molecule has 0 bridgehead atoms. The zero-order valence-corrected chi connectivity index (χ0v) is 11.6. The zero-order chi connectivity index (χ0) is 13.4. The number of fused-ring (bicyclic) bond motifs is 1. The van der Waals surface area contributed by atoms with E-state index in [1.54, 1.807) is 0 Å². The Hall–Kier alpha value is -1.84. The zero-order valence-electron chi connectivity index (χ0n) is 11.6. The lowest BCUT2D eigenvalue weighted by Crippen LogP contribution is -2.06. The third kappa shape index (κ3) is 2.09. The standard InChI is InChI=1S/C16H20N4/c1-2-6-11(5-1)16-18-15(19-20-16)9-12-10-17-14-8-4-3-7-13(12)14/h3-4,7-8,11-12,17H,1-2,5-6,9-10H2,(H,18,19,20). The van der Waals surface area contributed by atoms with Gasteiger partial charge >= 0.3 is 0 Å². The molecule has 104 valence electrons. The SMILES string of the molecule is c1ccc2c(c1)NCC2Cc1nc(C2CCCC2)n[nH]1. The van der Waals surface area contributed by atoms with Gasteiger partial charge in [0.05, 0.1) is 0 Å². The number of aromatic nitrogens is 3. The van der Waals surface area contributed by atoms with E-state index in [1.807, 2.05) is 0 Å². The Labute approximate surface area is 119 Å². The van der Waals surface area contributed by atoms with E-state index in [0.29, 0.717) is 11.8 Å². The van der Waals surface area contributed by atoms with Gasteiger partial charge in [-0.25, -0.2) is 4.98 Å². The summed E-state index contributed by atoms with van der Waals surface area (Å²) in [4.78, 5) is 4.73. The smallest absolute Gasteiger partial charge is 0.153 e. The van der Waals surface area contributed by atoms with Crippen molar-refractivity contribution in [1.82, 2.24) is 15.2 Å². The average Bonchev–Trinajstić information content (AvgIpc) is 3.19. The minimum absolute atomic E-state index is 0.510. The number of nitrogens with one attached hydrogen (secondary N) is 2. The third-order valence-corrected chi connectivity index (χ3v) is 4.65. The van der Waals surface area contributed by atoms with Gasteiger partial charge in [0.25, 0.3) is 0 Å². The molecule has 2 heterocycles. The Bertz CT molecular complexity index is 598. The number of para-hydroxylation sites is 1. The molecule has 2 N–H and O–H groups in total. The molecule has 0 amide bonds. The number of hydrogen-bond acceptors (Lipinski definition) is 3. The number of hydrogen-bond donors (Lipinski definition) is 2. The largest absolute Gasteiger partial charge is 0.384 e. The molecule has 0 radical (unpaired) electrons. The van der Waals surface area contributed by atoms with Crippen LogP contribution in [0.1, 0.15) is 54.7 Å². The van der Waals surface area contributed by atoms with Crippen molar-refractivity contribution in [2.45, 2.75) is 43.9 Å². The van der Waals surface area contributed by atoms with Crippen molar-refractivity contribution in [3.63, 3.8) is 0 Å². The van der Waals surface area contributed by atoms with Crippen LogP contribution in [-0.4, -0.2) is 21.7 Å². The summed E-state index contributed by atoms with van der Waals surface area (Å²) in [5, 5.41) is 11.1. The highest BCUT2D eigenvalue weighted by Crippen LogP contribution is 2.34. The van der Waals surface area contributed by atoms with E-state index >= 15 is 0 Å². The van der Waals surface area contributed by atoms with Crippen LogP contribution in [0.15, 0.2) is 24.3 Å². The van der Waals surface area contributed by atoms with Crippen LogP contribution < -0.4 is 5.32 Å². The molecule has 20 heavy (non-hydrogen) atoms. The Morgan fingerprint density at radius 1 is 1.15 bits per heavy atom. The van der Waals surface area contributed by atoms with Crippen molar-refractivity contribution < 1.29 is 0 Å². The van der Waals surface area contributed by atoms with Crippen molar-refractivity contribution in [2.24, 2.45) is 0 Å². The lowest BCUT2D eigenvalue weighted by molar-refractivity contribution is 0.669. The molecule has 1 unspecified atom stereocenters. The minimum Gasteiger partial charge on any atom is -0.384 e. The van der Waals surface area contributed by atoms with Crippen molar-refractivity contribution in [2.75, 3.05) is 11.9 Å². The summed E-state index contributed by atoms with van der Waals surface area (Å²) in [6, 6.07) is 8.57. The molecule has 1 aliphatic carbocycles. The molecule has 1 aliphatic heterocycles. The molecular weight excluding hydrogens is 248 g/mol. The van der Waals surface area contributed by atoms with E-state index in [9.17, 15) is 0 Å². The first kappa shape index (κ1) is 11.9. The first-order valence-corrected chi connectivity index (χ1v) is 7.64. The van der Waals surface area contributed by atoms with Crippen LogP contribution in [0.4, 0.5) is 5.69 Å². The first-order chi connectivity index (χ1) is 9.90. The maximum absolute atomic E-state index is 4.73. The van der Waals surface area contributed by atoms with Crippen molar-refractivity contribution in [3.8, 4) is 0 Å². The number of benzene rings is 1. The van der Waals surface area contributed by atoms with Crippen LogP contribution in [0.3, 0.4) is 0 Å². The predicted molar refractivity (Wildman–Crippen MR) is 79.0 cm³/mol. The minimum atomic E-state index is 0.510. The Morgan fingerprint density at radius 2 is 2.00 bits per heavy atom. The summed E-state index contributed by atoms with van der Waals surface area (Å²) in [7, 11) is 0. The van der Waals surface area contributed by atoms with E-state index < -0.39 is 0 Å². The molecule has 2 aromatic rings. The lowest BCUT2D eigenvalue weighted by atomic mass is 9.98. The Balaban J connectivity index is 1.50. The molecule has 1 fully saturated rings. The van der Waals surface area contributed by atoms with Gasteiger partial charge in [0, 0.05) is 30.5 Å². The molecule has 1 aromatic heterocycles. The van der Waals surface area contributed by atoms with Crippen LogP contribution in [-0.2, 0) is 6.42 Å². The van der Waals surface area contributed by atoms with E-state index in [2.05, 4.69) is 39.8 Å². The molecule has 1 aromatic carbocycles. The van der Waals surface area contributed by atoms with E-state index in [1.165, 1.54) is 36.9 Å². The van der Waals surface area contributed by atoms with Gasteiger partial charge in [-0.2, -0.15) is 5.10 Å².